The molecule has 4 heteroatoms. The Morgan fingerprint density at radius 1 is 1.00 bits per heavy atom. The molecule has 1 saturated heterocycles. The summed E-state index contributed by atoms with van der Waals surface area (Å²) in [5.41, 5.74) is 0. The number of carbonyl (C=O) groups is 1. The molecule has 1 aliphatic heterocycles. The lowest BCUT2D eigenvalue weighted by Gasteiger charge is -2.07. The Kier molecular flexibility index (Phi) is 10.5. The number of aliphatic carboxylic acids is 1. The highest BCUT2D eigenvalue weighted by molar-refractivity contribution is 5.66. The molecule has 0 aromatic heterocycles. The summed E-state index contributed by atoms with van der Waals surface area (Å²) in [6, 6.07) is 0. The number of carboxylic acid groups (broad SMARTS) is 1. The second-order valence-electron chi connectivity index (χ2n) is 6.61. The number of aliphatic hydroxyl groups is 1. The van der Waals surface area contributed by atoms with Crippen LogP contribution in [-0.4, -0.2) is 34.5 Å². The van der Waals surface area contributed by atoms with Gasteiger partial charge in [0.05, 0.1) is 12.2 Å². The molecule has 1 rings (SSSR count). The molecule has 0 spiro atoms. The maximum absolute atomic E-state index is 10.4. The molecule has 4 nitrogen and oxygen atoms in total. The van der Waals surface area contributed by atoms with Gasteiger partial charge in [-0.25, -0.2) is 0 Å². The zero-order valence-corrected chi connectivity index (χ0v) is 14.1. The van der Waals surface area contributed by atoms with Crippen LogP contribution in [-0.2, 0) is 9.53 Å². The van der Waals surface area contributed by atoms with Crippen molar-refractivity contribution < 1.29 is 19.7 Å². The lowest BCUT2D eigenvalue weighted by atomic mass is 10.0. The molecule has 2 N–H and O–H groups in total. The van der Waals surface area contributed by atoms with Crippen molar-refractivity contribution in [3.8, 4) is 0 Å². The van der Waals surface area contributed by atoms with E-state index < -0.39 is 5.97 Å². The van der Waals surface area contributed by atoms with E-state index in [0.717, 1.165) is 38.5 Å². The SMILES string of the molecule is CCCCCCCCC1OC1C(O)CCCCCCC(=O)O. The van der Waals surface area contributed by atoms with Gasteiger partial charge >= 0.3 is 5.97 Å². The predicted molar refractivity (Wildman–Crippen MR) is 88.0 cm³/mol. The van der Waals surface area contributed by atoms with E-state index in [1.165, 1.54) is 38.5 Å². The third kappa shape index (κ3) is 9.42. The molecule has 22 heavy (non-hydrogen) atoms. The lowest BCUT2D eigenvalue weighted by Crippen LogP contribution is -2.16. The summed E-state index contributed by atoms with van der Waals surface area (Å²) in [5, 5.41) is 18.6. The summed E-state index contributed by atoms with van der Waals surface area (Å²) in [6.45, 7) is 2.23. The van der Waals surface area contributed by atoms with E-state index in [4.69, 9.17) is 9.84 Å². The fourth-order valence-corrected chi connectivity index (χ4v) is 3.00. The number of unbranched alkanes of at least 4 members (excludes halogenated alkanes) is 8. The zero-order chi connectivity index (χ0) is 16.2. The van der Waals surface area contributed by atoms with E-state index in [1.54, 1.807) is 0 Å². The van der Waals surface area contributed by atoms with Gasteiger partial charge in [-0.3, -0.25) is 4.79 Å². The first-order chi connectivity index (χ1) is 10.6. The summed E-state index contributed by atoms with van der Waals surface area (Å²) in [6.07, 6.45) is 13.6. The van der Waals surface area contributed by atoms with Crippen molar-refractivity contribution in [1.29, 1.82) is 0 Å². The summed E-state index contributed by atoms with van der Waals surface area (Å²) < 4.78 is 5.59. The van der Waals surface area contributed by atoms with Gasteiger partial charge in [0.15, 0.2) is 0 Å². The van der Waals surface area contributed by atoms with Gasteiger partial charge in [-0.1, -0.05) is 64.7 Å². The Hall–Kier alpha value is -0.610. The van der Waals surface area contributed by atoms with Crippen LogP contribution in [0.2, 0.25) is 0 Å². The first-order valence-corrected chi connectivity index (χ1v) is 9.20. The molecule has 3 unspecified atom stereocenters. The van der Waals surface area contributed by atoms with Crippen molar-refractivity contribution in [2.24, 2.45) is 0 Å². The van der Waals surface area contributed by atoms with Crippen molar-refractivity contribution in [3.05, 3.63) is 0 Å². The third-order valence-corrected chi connectivity index (χ3v) is 4.48. The van der Waals surface area contributed by atoms with Gasteiger partial charge in [-0.05, 0) is 19.3 Å². The summed E-state index contributed by atoms with van der Waals surface area (Å²) in [7, 11) is 0. The minimum absolute atomic E-state index is 0.0645. The number of aliphatic hydroxyl groups excluding tert-OH is 1. The smallest absolute Gasteiger partial charge is 0.303 e. The maximum atomic E-state index is 10.4. The van der Waals surface area contributed by atoms with E-state index in [2.05, 4.69) is 6.92 Å². The van der Waals surface area contributed by atoms with Gasteiger partial charge in [0.25, 0.3) is 0 Å². The normalized spacial score (nSPS) is 21.7. The van der Waals surface area contributed by atoms with E-state index in [9.17, 15) is 9.90 Å². The lowest BCUT2D eigenvalue weighted by molar-refractivity contribution is -0.137. The van der Waals surface area contributed by atoms with Crippen molar-refractivity contribution >= 4 is 5.97 Å². The Labute approximate surface area is 135 Å². The van der Waals surface area contributed by atoms with Crippen molar-refractivity contribution in [2.75, 3.05) is 0 Å². The number of epoxide rings is 1. The highest BCUT2D eigenvalue weighted by Crippen LogP contribution is 2.32. The number of hydrogen-bond donors (Lipinski definition) is 2. The molecule has 0 aliphatic carbocycles. The second-order valence-corrected chi connectivity index (χ2v) is 6.61. The highest BCUT2D eigenvalue weighted by Gasteiger charge is 2.42. The van der Waals surface area contributed by atoms with Crippen LogP contribution < -0.4 is 0 Å². The molecule has 0 amide bonds. The van der Waals surface area contributed by atoms with Crippen molar-refractivity contribution in [2.45, 2.75) is 109 Å². The fourth-order valence-electron chi connectivity index (χ4n) is 3.00. The van der Waals surface area contributed by atoms with Crippen LogP contribution in [0.25, 0.3) is 0 Å². The van der Waals surface area contributed by atoms with Gasteiger partial charge in [0, 0.05) is 6.42 Å². The van der Waals surface area contributed by atoms with Gasteiger partial charge < -0.3 is 14.9 Å². The molecule has 3 atom stereocenters. The molecule has 0 aromatic rings. The molecular formula is C18H34O4. The molecule has 1 aliphatic rings. The molecule has 0 radical (unpaired) electrons. The molecule has 1 fully saturated rings. The zero-order valence-electron chi connectivity index (χ0n) is 14.1. The number of hydrogen-bond acceptors (Lipinski definition) is 3. The predicted octanol–water partition coefficient (Wildman–Crippen LogP) is 4.29. The standard InChI is InChI=1S/C18H34O4/c1-2-3-4-5-6-10-13-16-18(22-16)15(19)12-9-7-8-11-14-17(20)21/h15-16,18-19H,2-14H2,1H3,(H,20,21). The fraction of sp³-hybridized carbons (Fsp3) is 0.944. The van der Waals surface area contributed by atoms with E-state index in [-0.39, 0.29) is 24.7 Å². The van der Waals surface area contributed by atoms with Gasteiger partial charge in [0.1, 0.15) is 6.10 Å². The minimum Gasteiger partial charge on any atom is -0.481 e. The van der Waals surface area contributed by atoms with Crippen LogP contribution in [0.3, 0.4) is 0 Å². The van der Waals surface area contributed by atoms with Crippen LogP contribution in [0.15, 0.2) is 0 Å². The monoisotopic (exact) mass is 314 g/mol. The summed E-state index contributed by atoms with van der Waals surface area (Å²) >= 11 is 0. The Bertz CT molecular complexity index is 293. The largest absolute Gasteiger partial charge is 0.481 e. The average Bonchev–Trinajstić information content (AvgIpc) is 3.25. The molecule has 1 heterocycles. The Balaban J connectivity index is 1.88. The number of rotatable bonds is 15. The molecule has 130 valence electrons. The minimum atomic E-state index is -0.719. The first-order valence-electron chi connectivity index (χ1n) is 9.20. The van der Waals surface area contributed by atoms with E-state index in [1.807, 2.05) is 0 Å². The van der Waals surface area contributed by atoms with E-state index >= 15 is 0 Å². The molecule has 0 saturated carbocycles. The van der Waals surface area contributed by atoms with Crippen LogP contribution in [0.4, 0.5) is 0 Å². The quantitative estimate of drug-likeness (QED) is 0.349. The van der Waals surface area contributed by atoms with Gasteiger partial charge in [-0.15, -0.1) is 0 Å². The summed E-state index contributed by atoms with van der Waals surface area (Å²) in [5.74, 6) is -0.719. The Morgan fingerprint density at radius 2 is 1.64 bits per heavy atom. The third-order valence-electron chi connectivity index (χ3n) is 4.48. The van der Waals surface area contributed by atoms with Gasteiger partial charge in [-0.2, -0.15) is 0 Å². The molecule has 0 bridgehead atoms. The topological polar surface area (TPSA) is 70.1 Å². The first kappa shape index (κ1) is 19.4. The van der Waals surface area contributed by atoms with Crippen LogP contribution >= 0.6 is 0 Å². The van der Waals surface area contributed by atoms with Crippen molar-refractivity contribution in [1.82, 2.24) is 0 Å². The maximum Gasteiger partial charge on any atom is 0.303 e. The van der Waals surface area contributed by atoms with E-state index in [0.29, 0.717) is 0 Å². The van der Waals surface area contributed by atoms with Crippen molar-refractivity contribution in [3.63, 3.8) is 0 Å². The molecular weight excluding hydrogens is 280 g/mol. The number of carboxylic acids is 1. The van der Waals surface area contributed by atoms with Crippen LogP contribution in [0.1, 0.15) is 90.4 Å². The highest BCUT2D eigenvalue weighted by atomic mass is 16.6. The Morgan fingerprint density at radius 3 is 2.36 bits per heavy atom. The van der Waals surface area contributed by atoms with Gasteiger partial charge in [0.2, 0.25) is 0 Å². The summed E-state index contributed by atoms with van der Waals surface area (Å²) in [4.78, 5) is 10.4. The van der Waals surface area contributed by atoms with Crippen LogP contribution in [0.5, 0.6) is 0 Å². The number of ether oxygens (including phenoxy) is 1. The molecule has 0 aromatic carbocycles. The average molecular weight is 314 g/mol. The van der Waals surface area contributed by atoms with Crippen LogP contribution in [0, 0.1) is 0 Å². The second kappa shape index (κ2) is 11.9.